The SMILES string of the molecule is COc1ccc(C2CC(N3CCCN(C(=O)c4cc(OC)c(OC)c(OC)c4)CC3)NN2)cc1. The molecule has 0 bridgehead atoms. The standard InChI is InChI=1S/C25H34N4O5/c1-31-19-8-6-17(7-9-19)20-16-23(27-26-20)28-10-5-11-29(13-12-28)25(30)18-14-21(32-2)24(34-4)22(15-18)33-3/h6-9,14-15,20,23,26-27H,5,10-13,16H2,1-4H3. The van der Waals surface area contributed by atoms with Gasteiger partial charge in [-0.2, -0.15) is 0 Å². The topological polar surface area (TPSA) is 84.5 Å². The van der Waals surface area contributed by atoms with Gasteiger partial charge in [-0.1, -0.05) is 12.1 Å². The third-order valence-electron chi connectivity index (χ3n) is 6.57. The maximum atomic E-state index is 13.3. The first kappa shape index (κ1) is 24.1. The number of rotatable bonds is 7. The Hall–Kier alpha value is -3.01. The molecule has 2 aromatic carbocycles. The number of benzene rings is 2. The Morgan fingerprint density at radius 1 is 0.853 bits per heavy atom. The van der Waals surface area contributed by atoms with Gasteiger partial charge in [0.15, 0.2) is 11.5 Å². The second-order valence-electron chi connectivity index (χ2n) is 8.46. The Morgan fingerprint density at radius 2 is 1.56 bits per heavy atom. The number of carbonyl (C=O) groups excluding carboxylic acids is 1. The molecular weight excluding hydrogens is 436 g/mol. The van der Waals surface area contributed by atoms with Crippen molar-refractivity contribution in [2.75, 3.05) is 54.6 Å². The zero-order valence-electron chi connectivity index (χ0n) is 20.3. The molecule has 2 atom stereocenters. The first-order valence-electron chi connectivity index (χ1n) is 11.6. The van der Waals surface area contributed by atoms with Crippen LogP contribution in [0.15, 0.2) is 36.4 Å². The van der Waals surface area contributed by atoms with Gasteiger partial charge in [0.2, 0.25) is 5.75 Å². The van der Waals surface area contributed by atoms with E-state index in [9.17, 15) is 4.79 Å². The van der Waals surface area contributed by atoms with Crippen LogP contribution in [-0.4, -0.2) is 76.5 Å². The molecule has 2 saturated heterocycles. The number of nitrogens with zero attached hydrogens (tertiary/aromatic N) is 2. The van der Waals surface area contributed by atoms with E-state index in [-0.39, 0.29) is 18.1 Å². The minimum atomic E-state index is -0.0327. The molecule has 9 nitrogen and oxygen atoms in total. The van der Waals surface area contributed by atoms with Gasteiger partial charge in [-0.05, 0) is 42.7 Å². The molecule has 0 radical (unpaired) electrons. The van der Waals surface area contributed by atoms with Crippen molar-refractivity contribution in [1.82, 2.24) is 20.7 Å². The smallest absolute Gasteiger partial charge is 0.254 e. The number of amides is 1. The second kappa shape index (κ2) is 10.9. The monoisotopic (exact) mass is 470 g/mol. The normalized spacial score (nSPS) is 21.1. The molecule has 9 heteroatoms. The van der Waals surface area contributed by atoms with Gasteiger partial charge in [-0.25, -0.2) is 10.9 Å². The summed E-state index contributed by atoms with van der Waals surface area (Å²) in [6.07, 6.45) is 2.07. The van der Waals surface area contributed by atoms with Crippen molar-refractivity contribution in [2.45, 2.75) is 25.0 Å². The van der Waals surface area contributed by atoms with Crippen LogP contribution in [0.5, 0.6) is 23.0 Å². The van der Waals surface area contributed by atoms with Crippen LogP contribution in [0, 0.1) is 0 Å². The first-order chi connectivity index (χ1) is 16.6. The average molecular weight is 471 g/mol. The van der Waals surface area contributed by atoms with Crippen LogP contribution in [-0.2, 0) is 0 Å². The van der Waals surface area contributed by atoms with Gasteiger partial charge in [-0.3, -0.25) is 9.69 Å². The molecule has 2 fully saturated rings. The number of hydrazine groups is 1. The van der Waals surface area contributed by atoms with E-state index in [4.69, 9.17) is 18.9 Å². The minimum Gasteiger partial charge on any atom is -0.497 e. The minimum absolute atomic E-state index is 0.0327. The van der Waals surface area contributed by atoms with Crippen molar-refractivity contribution < 1.29 is 23.7 Å². The van der Waals surface area contributed by atoms with Crippen LogP contribution >= 0.6 is 0 Å². The van der Waals surface area contributed by atoms with E-state index in [1.807, 2.05) is 17.0 Å². The molecule has 184 valence electrons. The summed E-state index contributed by atoms with van der Waals surface area (Å²) in [5.74, 6) is 2.26. The Morgan fingerprint density at radius 3 is 2.18 bits per heavy atom. The van der Waals surface area contributed by atoms with Crippen molar-refractivity contribution in [3.05, 3.63) is 47.5 Å². The van der Waals surface area contributed by atoms with E-state index in [0.717, 1.165) is 31.7 Å². The van der Waals surface area contributed by atoms with Gasteiger partial charge in [0.25, 0.3) is 5.91 Å². The van der Waals surface area contributed by atoms with Crippen molar-refractivity contribution in [2.24, 2.45) is 0 Å². The number of ether oxygens (including phenoxy) is 4. The van der Waals surface area contributed by atoms with Gasteiger partial charge in [-0.15, -0.1) is 0 Å². The maximum absolute atomic E-state index is 13.3. The lowest BCUT2D eigenvalue weighted by Gasteiger charge is -2.27. The highest BCUT2D eigenvalue weighted by molar-refractivity contribution is 5.95. The van der Waals surface area contributed by atoms with Gasteiger partial charge in [0.1, 0.15) is 5.75 Å². The fourth-order valence-electron chi connectivity index (χ4n) is 4.67. The van der Waals surface area contributed by atoms with Crippen molar-refractivity contribution >= 4 is 5.91 Å². The summed E-state index contributed by atoms with van der Waals surface area (Å²) >= 11 is 0. The molecule has 2 N–H and O–H groups in total. The average Bonchev–Trinajstić information content (AvgIpc) is 3.25. The Bertz CT molecular complexity index is 959. The summed E-state index contributed by atoms with van der Waals surface area (Å²) in [7, 11) is 6.33. The lowest BCUT2D eigenvalue weighted by Crippen LogP contribution is -2.46. The van der Waals surface area contributed by atoms with Crippen LogP contribution in [0.2, 0.25) is 0 Å². The molecule has 0 saturated carbocycles. The fraction of sp³-hybridized carbons (Fsp3) is 0.480. The summed E-state index contributed by atoms with van der Waals surface area (Å²) in [5, 5.41) is 0. The zero-order valence-corrected chi connectivity index (χ0v) is 20.3. The number of methoxy groups -OCH3 is 4. The Labute approximate surface area is 200 Å². The molecule has 34 heavy (non-hydrogen) atoms. The predicted molar refractivity (Wildman–Crippen MR) is 129 cm³/mol. The first-order valence-corrected chi connectivity index (χ1v) is 11.6. The molecule has 2 heterocycles. The lowest BCUT2D eigenvalue weighted by atomic mass is 10.0. The van der Waals surface area contributed by atoms with Crippen LogP contribution < -0.4 is 29.8 Å². The largest absolute Gasteiger partial charge is 0.497 e. The van der Waals surface area contributed by atoms with Crippen molar-refractivity contribution in [3.63, 3.8) is 0 Å². The van der Waals surface area contributed by atoms with Crippen LogP contribution in [0.4, 0.5) is 0 Å². The summed E-state index contributed by atoms with van der Waals surface area (Å²) in [4.78, 5) is 17.6. The second-order valence-corrected chi connectivity index (χ2v) is 8.46. The molecule has 0 aromatic heterocycles. The van der Waals surface area contributed by atoms with Crippen LogP contribution in [0.1, 0.15) is 34.8 Å². The maximum Gasteiger partial charge on any atom is 0.254 e. The number of nitrogens with one attached hydrogen (secondary N) is 2. The van der Waals surface area contributed by atoms with Crippen molar-refractivity contribution in [1.29, 1.82) is 0 Å². The highest BCUT2D eigenvalue weighted by Gasteiger charge is 2.31. The molecule has 0 aliphatic carbocycles. The van der Waals surface area contributed by atoms with E-state index in [1.165, 1.54) is 5.56 Å². The van der Waals surface area contributed by atoms with Crippen molar-refractivity contribution in [3.8, 4) is 23.0 Å². The van der Waals surface area contributed by atoms with Gasteiger partial charge < -0.3 is 23.8 Å². The molecule has 2 aliphatic rings. The van der Waals surface area contributed by atoms with Crippen LogP contribution in [0.25, 0.3) is 0 Å². The Balaban J connectivity index is 1.39. The predicted octanol–water partition coefficient (Wildman–Crippen LogP) is 2.43. The van der Waals surface area contributed by atoms with E-state index in [2.05, 4.69) is 27.9 Å². The highest BCUT2D eigenvalue weighted by Crippen LogP contribution is 2.38. The molecule has 1 amide bonds. The zero-order chi connectivity index (χ0) is 24.1. The van der Waals surface area contributed by atoms with E-state index in [1.54, 1.807) is 40.6 Å². The fourth-order valence-corrected chi connectivity index (χ4v) is 4.67. The molecular formula is C25H34N4O5. The number of carbonyl (C=O) groups is 1. The summed E-state index contributed by atoms with van der Waals surface area (Å²) in [6.45, 7) is 3.08. The molecule has 0 spiro atoms. The van der Waals surface area contributed by atoms with E-state index >= 15 is 0 Å². The third-order valence-corrected chi connectivity index (χ3v) is 6.57. The highest BCUT2D eigenvalue weighted by atomic mass is 16.5. The van der Waals surface area contributed by atoms with Gasteiger partial charge in [0, 0.05) is 37.8 Å². The summed E-state index contributed by atoms with van der Waals surface area (Å²) < 4.78 is 21.5. The lowest BCUT2D eigenvalue weighted by molar-refractivity contribution is 0.0755. The molecule has 2 aromatic rings. The third kappa shape index (κ3) is 5.06. The number of hydrogen-bond donors (Lipinski definition) is 2. The molecule has 4 rings (SSSR count). The summed E-state index contributed by atoms with van der Waals surface area (Å²) in [6, 6.07) is 11.8. The van der Waals surface area contributed by atoms with E-state index < -0.39 is 0 Å². The Kier molecular flexibility index (Phi) is 7.77. The quantitative estimate of drug-likeness (QED) is 0.639. The molecule has 2 aliphatic heterocycles. The number of hydrogen-bond acceptors (Lipinski definition) is 8. The van der Waals surface area contributed by atoms with E-state index in [0.29, 0.717) is 35.9 Å². The van der Waals surface area contributed by atoms with Crippen LogP contribution in [0.3, 0.4) is 0 Å². The van der Waals surface area contributed by atoms with Gasteiger partial charge >= 0.3 is 0 Å². The molecule has 2 unspecified atom stereocenters. The van der Waals surface area contributed by atoms with Gasteiger partial charge in [0.05, 0.1) is 34.6 Å². The summed E-state index contributed by atoms with van der Waals surface area (Å²) in [5.41, 5.74) is 8.62.